The predicted octanol–water partition coefficient (Wildman–Crippen LogP) is 3.10. The van der Waals surface area contributed by atoms with Gasteiger partial charge in [-0.3, -0.25) is 0 Å². The lowest BCUT2D eigenvalue weighted by Crippen LogP contribution is -2.08. The van der Waals surface area contributed by atoms with E-state index in [0.717, 1.165) is 36.3 Å². The van der Waals surface area contributed by atoms with Gasteiger partial charge in [0.25, 0.3) is 0 Å². The van der Waals surface area contributed by atoms with Gasteiger partial charge in [-0.25, -0.2) is 0 Å². The Morgan fingerprint density at radius 1 is 1.10 bits per heavy atom. The Hall–Kier alpha value is -1.36. The second kappa shape index (κ2) is 8.04. The Kier molecular flexibility index (Phi) is 6.05. The van der Waals surface area contributed by atoms with Gasteiger partial charge >= 0.3 is 0 Å². The van der Waals surface area contributed by atoms with Crippen LogP contribution in [0.1, 0.15) is 24.7 Å². The summed E-state index contributed by atoms with van der Waals surface area (Å²) in [6.45, 7) is 5.38. The number of para-hydroxylation sites is 1. The molecule has 0 aliphatic carbocycles. The van der Waals surface area contributed by atoms with Crippen LogP contribution in [-0.4, -0.2) is 26.9 Å². The van der Waals surface area contributed by atoms with Gasteiger partial charge in [-0.1, -0.05) is 25.1 Å². The van der Waals surface area contributed by atoms with Crippen molar-refractivity contribution in [2.45, 2.75) is 26.5 Å². The van der Waals surface area contributed by atoms with E-state index in [4.69, 9.17) is 13.9 Å². The van der Waals surface area contributed by atoms with E-state index in [1.165, 1.54) is 5.56 Å². The first-order chi connectivity index (χ1) is 9.86. The number of fused-ring (bicyclic) bond motifs is 1. The number of nitrogens with one attached hydrogen (secondary N) is 1. The monoisotopic (exact) mass is 277 g/mol. The average Bonchev–Trinajstić information content (AvgIpc) is 2.81. The minimum Gasteiger partial charge on any atom is -0.458 e. The fourth-order valence-electron chi connectivity index (χ4n) is 2.17. The molecule has 0 unspecified atom stereocenters. The second-order valence-electron chi connectivity index (χ2n) is 4.70. The molecule has 0 radical (unpaired) electrons. The van der Waals surface area contributed by atoms with E-state index >= 15 is 0 Å². The van der Waals surface area contributed by atoms with Gasteiger partial charge < -0.3 is 19.2 Å². The molecule has 2 aromatic rings. The van der Waals surface area contributed by atoms with E-state index in [-0.39, 0.29) is 0 Å². The van der Waals surface area contributed by atoms with Crippen LogP contribution < -0.4 is 5.32 Å². The van der Waals surface area contributed by atoms with Crippen LogP contribution in [0.2, 0.25) is 0 Å². The highest BCUT2D eigenvalue weighted by Gasteiger charge is 2.12. The summed E-state index contributed by atoms with van der Waals surface area (Å²) >= 11 is 0. The summed E-state index contributed by atoms with van der Waals surface area (Å²) in [7, 11) is 1.94. The van der Waals surface area contributed by atoms with Gasteiger partial charge in [0, 0.05) is 24.1 Å². The van der Waals surface area contributed by atoms with Crippen LogP contribution in [0.4, 0.5) is 0 Å². The highest BCUT2D eigenvalue weighted by molar-refractivity contribution is 5.82. The molecule has 1 N–H and O–H groups in total. The molecule has 0 saturated carbocycles. The number of furan rings is 1. The lowest BCUT2D eigenvalue weighted by atomic mass is 10.1. The van der Waals surface area contributed by atoms with E-state index < -0.39 is 0 Å². The quantitative estimate of drug-likeness (QED) is 0.715. The number of benzene rings is 1. The normalized spacial score (nSPS) is 11.3. The lowest BCUT2D eigenvalue weighted by Gasteiger charge is -2.05. The summed E-state index contributed by atoms with van der Waals surface area (Å²) in [6.07, 6.45) is 1.04. The molecule has 0 aliphatic rings. The Bertz CT molecular complexity index is 521. The minimum absolute atomic E-state index is 0.487. The van der Waals surface area contributed by atoms with E-state index in [1.54, 1.807) is 0 Å². The van der Waals surface area contributed by atoms with E-state index in [2.05, 4.69) is 18.3 Å². The van der Waals surface area contributed by atoms with E-state index in [9.17, 15) is 0 Å². The van der Waals surface area contributed by atoms with Crippen LogP contribution in [0.5, 0.6) is 0 Å². The van der Waals surface area contributed by atoms with Crippen molar-refractivity contribution in [3.63, 3.8) is 0 Å². The zero-order valence-electron chi connectivity index (χ0n) is 12.3. The largest absolute Gasteiger partial charge is 0.458 e. The van der Waals surface area contributed by atoms with Crippen molar-refractivity contribution in [3.8, 4) is 0 Å². The highest BCUT2D eigenvalue weighted by Crippen LogP contribution is 2.26. The van der Waals surface area contributed by atoms with Crippen LogP contribution in [0, 0.1) is 0 Å². The molecule has 0 aliphatic heterocycles. The summed E-state index contributed by atoms with van der Waals surface area (Å²) in [5.41, 5.74) is 2.09. The van der Waals surface area contributed by atoms with Crippen molar-refractivity contribution >= 4 is 11.0 Å². The van der Waals surface area contributed by atoms with Crippen LogP contribution in [-0.2, 0) is 22.6 Å². The standard InChI is InChI=1S/C16H23NO3/c1-3-8-18-9-10-19-12-16-14(11-17-2)13-6-4-5-7-15(13)20-16/h4-7,17H,3,8-12H2,1-2H3. The first-order valence-electron chi connectivity index (χ1n) is 7.16. The Labute approximate surface area is 120 Å². The van der Waals surface area contributed by atoms with Gasteiger partial charge in [-0.15, -0.1) is 0 Å². The van der Waals surface area contributed by atoms with Crippen LogP contribution in [0.25, 0.3) is 11.0 Å². The van der Waals surface area contributed by atoms with Crippen molar-refractivity contribution in [3.05, 3.63) is 35.6 Å². The fraction of sp³-hybridized carbons (Fsp3) is 0.500. The lowest BCUT2D eigenvalue weighted by molar-refractivity contribution is 0.0351. The van der Waals surface area contributed by atoms with E-state index in [1.807, 2.05) is 25.2 Å². The molecule has 0 bridgehead atoms. The Balaban J connectivity index is 1.96. The SMILES string of the molecule is CCCOCCOCc1oc2ccccc2c1CNC. The zero-order valence-corrected chi connectivity index (χ0v) is 12.3. The number of ether oxygens (including phenoxy) is 2. The molecule has 0 fully saturated rings. The molecule has 2 rings (SSSR count). The van der Waals surface area contributed by atoms with Crippen molar-refractivity contribution < 1.29 is 13.9 Å². The maximum atomic E-state index is 5.87. The maximum absolute atomic E-state index is 5.87. The first kappa shape index (κ1) is 15.0. The van der Waals surface area contributed by atoms with Crippen LogP contribution >= 0.6 is 0 Å². The van der Waals surface area contributed by atoms with Gasteiger partial charge in [0.05, 0.1) is 13.2 Å². The topological polar surface area (TPSA) is 43.6 Å². The van der Waals surface area contributed by atoms with Crippen molar-refractivity contribution in [2.75, 3.05) is 26.9 Å². The second-order valence-corrected chi connectivity index (χ2v) is 4.70. The van der Waals surface area contributed by atoms with Crippen molar-refractivity contribution in [2.24, 2.45) is 0 Å². The van der Waals surface area contributed by atoms with Gasteiger partial charge in [0.15, 0.2) is 0 Å². The molecule has 0 amide bonds. The Morgan fingerprint density at radius 2 is 1.90 bits per heavy atom. The zero-order chi connectivity index (χ0) is 14.2. The van der Waals surface area contributed by atoms with Crippen molar-refractivity contribution in [1.82, 2.24) is 5.32 Å². The summed E-state index contributed by atoms with van der Waals surface area (Å²) < 4.78 is 16.9. The first-order valence-corrected chi connectivity index (χ1v) is 7.16. The Morgan fingerprint density at radius 3 is 2.70 bits per heavy atom. The summed E-state index contributed by atoms with van der Waals surface area (Å²) in [4.78, 5) is 0. The summed E-state index contributed by atoms with van der Waals surface area (Å²) in [5.74, 6) is 0.899. The van der Waals surface area contributed by atoms with Crippen LogP contribution in [0.3, 0.4) is 0 Å². The van der Waals surface area contributed by atoms with Gasteiger partial charge in [-0.05, 0) is 19.5 Å². The third-order valence-corrected chi connectivity index (χ3v) is 3.09. The highest BCUT2D eigenvalue weighted by atomic mass is 16.5. The third kappa shape index (κ3) is 3.82. The molecule has 110 valence electrons. The van der Waals surface area contributed by atoms with Crippen LogP contribution in [0.15, 0.2) is 28.7 Å². The predicted molar refractivity (Wildman–Crippen MR) is 79.7 cm³/mol. The third-order valence-electron chi connectivity index (χ3n) is 3.09. The number of rotatable bonds is 9. The molecule has 1 aromatic carbocycles. The minimum atomic E-state index is 0.487. The smallest absolute Gasteiger partial charge is 0.135 e. The molecule has 0 spiro atoms. The van der Waals surface area contributed by atoms with Gasteiger partial charge in [0.1, 0.15) is 18.0 Å². The molecule has 20 heavy (non-hydrogen) atoms. The summed E-state index contributed by atoms with van der Waals surface area (Å²) in [6, 6.07) is 8.08. The number of hydrogen-bond acceptors (Lipinski definition) is 4. The van der Waals surface area contributed by atoms with E-state index in [0.29, 0.717) is 19.8 Å². The molecule has 4 nitrogen and oxygen atoms in total. The molecule has 0 saturated heterocycles. The summed E-state index contributed by atoms with van der Waals surface area (Å²) in [5, 5.41) is 4.34. The molecule has 4 heteroatoms. The fourth-order valence-corrected chi connectivity index (χ4v) is 2.17. The molecule has 1 aromatic heterocycles. The maximum Gasteiger partial charge on any atom is 0.135 e. The molecular formula is C16H23NO3. The molecule has 1 heterocycles. The molecular weight excluding hydrogens is 254 g/mol. The number of hydrogen-bond donors (Lipinski definition) is 1. The van der Waals surface area contributed by atoms with Gasteiger partial charge in [0.2, 0.25) is 0 Å². The van der Waals surface area contributed by atoms with Gasteiger partial charge in [-0.2, -0.15) is 0 Å². The molecule has 0 atom stereocenters. The van der Waals surface area contributed by atoms with Crippen molar-refractivity contribution in [1.29, 1.82) is 0 Å². The average molecular weight is 277 g/mol.